The van der Waals surface area contributed by atoms with Gasteiger partial charge in [0.25, 0.3) is 5.91 Å². The van der Waals surface area contributed by atoms with Crippen LogP contribution in [0.4, 0.5) is 5.69 Å². The summed E-state index contributed by atoms with van der Waals surface area (Å²) < 4.78 is 2.17. The lowest BCUT2D eigenvalue weighted by Crippen LogP contribution is -2.13. The van der Waals surface area contributed by atoms with E-state index in [1.54, 1.807) is 11.8 Å². The van der Waals surface area contributed by atoms with Crippen LogP contribution in [0.2, 0.25) is 0 Å². The minimum absolute atomic E-state index is 0.100. The molecule has 0 saturated carbocycles. The van der Waals surface area contributed by atoms with Gasteiger partial charge in [-0.05, 0) is 43.2 Å². The number of imidazole rings is 1. The summed E-state index contributed by atoms with van der Waals surface area (Å²) >= 11 is 1.77. The summed E-state index contributed by atoms with van der Waals surface area (Å²) in [4.78, 5) is 17.4. The lowest BCUT2D eigenvalue weighted by molar-refractivity contribution is 0.102. The van der Waals surface area contributed by atoms with E-state index < -0.39 is 0 Å². The van der Waals surface area contributed by atoms with Crippen LogP contribution in [0.1, 0.15) is 21.5 Å². The number of rotatable bonds is 3. The Kier molecular flexibility index (Phi) is 4.09. The van der Waals surface area contributed by atoms with Crippen LogP contribution in [-0.2, 0) is 6.54 Å². The first-order valence-electron chi connectivity index (χ1n) is 8.30. The van der Waals surface area contributed by atoms with Crippen molar-refractivity contribution < 1.29 is 4.79 Å². The first-order chi connectivity index (χ1) is 12.1. The highest BCUT2D eigenvalue weighted by molar-refractivity contribution is 7.99. The normalized spacial score (nSPS) is 12.9. The molecule has 0 atom stereocenters. The lowest BCUT2D eigenvalue weighted by Gasteiger charge is -2.10. The van der Waals surface area contributed by atoms with E-state index in [4.69, 9.17) is 4.98 Å². The highest BCUT2D eigenvalue weighted by Crippen LogP contribution is 2.32. The maximum absolute atomic E-state index is 12.7. The fourth-order valence-electron chi connectivity index (χ4n) is 2.93. The number of aromatic nitrogens is 2. The van der Waals surface area contributed by atoms with Gasteiger partial charge in [0, 0.05) is 29.6 Å². The molecule has 1 aliphatic rings. The zero-order valence-electron chi connectivity index (χ0n) is 14.2. The average molecular weight is 349 g/mol. The van der Waals surface area contributed by atoms with E-state index in [-0.39, 0.29) is 5.91 Å². The van der Waals surface area contributed by atoms with E-state index in [0.717, 1.165) is 40.0 Å². The van der Waals surface area contributed by atoms with Crippen LogP contribution in [0.3, 0.4) is 0 Å². The molecule has 1 N–H and O–H groups in total. The standard InChI is InChI=1S/C20H19N3OS/c1-13-7-8-15(11-14(13)2)19(24)21-17-6-4-3-5-16(17)18-12-23-9-10-25-20(23)22-18/h3-8,11-12H,9-10H2,1-2H3,(H,21,24). The summed E-state index contributed by atoms with van der Waals surface area (Å²) in [5, 5.41) is 4.09. The first kappa shape index (κ1) is 16.0. The van der Waals surface area contributed by atoms with Gasteiger partial charge in [-0.15, -0.1) is 0 Å². The number of hydrogen-bond donors (Lipinski definition) is 1. The summed E-state index contributed by atoms with van der Waals surface area (Å²) in [6.07, 6.45) is 2.07. The molecule has 0 aliphatic carbocycles. The number of hydrogen-bond acceptors (Lipinski definition) is 3. The number of carbonyl (C=O) groups excluding carboxylic acids is 1. The Labute approximate surface area is 151 Å². The van der Waals surface area contributed by atoms with E-state index in [9.17, 15) is 4.79 Å². The van der Waals surface area contributed by atoms with Crippen LogP contribution >= 0.6 is 11.8 Å². The minimum Gasteiger partial charge on any atom is -0.325 e. The summed E-state index contributed by atoms with van der Waals surface area (Å²) in [5.41, 5.74) is 5.60. The molecule has 3 aromatic rings. The Morgan fingerprint density at radius 3 is 2.80 bits per heavy atom. The second-order valence-corrected chi connectivity index (χ2v) is 7.31. The number of amides is 1. The summed E-state index contributed by atoms with van der Waals surface area (Å²) in [6.45, 7) is 5.05. The van der Waals surface area contributed by atoms with Crippen LogP contribution in [0.5, 0.6) is 0 Å². The number of para-hydroxylation sites is 1. The molecule has 126 valence electrons. The molecule has 2 aromatic carbocycles. The molecule has 4 nitrogen and oxygen atoms in total. The Morgan fingerprint density at radius 1 is 1.16 bits per heavy atom. The molecule has 0 spiro atoms. The number of carbonyl (C=O) groups is 1. The molecule has 1 amide bonds. The van der Waals surface area contributed by atoms with Gasteiger partial charge in [0.15, 0.2) is 5.16 Å². The number of thioether (sulfide) groups is 1. The van der Waals surface area contributed by atoms with Gasteiger partial charge in [-0.25, -0.2) is 4.98 Å². The zero-order chi connectivity index (χ0) is 17.4. The third kappa shape index (κ3) is 3.07. The first-order valence-corrected chi connectivity index (χ1v) is 9.28. The predicted molar refractivity (Wildman–Crippen MR) is 102 cm³/mol. The molecule has 5 heteroatoms. The zero-order valence-corrected chi connectivity index (χ0v) is 15.1. The van der Waals surface area contributed by atoms with Crippen LogP contribution in [-0.4, -0.2) is 21.2 Å². The van der Waals surface area contributed by atoms with Crippen LogP contribution < -0.4 is 5.32 Å². The van der Waals surface area contributed by atoms with E-state index in [0.29, 0.717) is 5.56 Å². The average Bonchev–Trinajstić information content (AvgIpc) is 3.19. The SMILES string of the molecule is Cc1ccc(C(=O)Nc2ccccc2-c2cn3c(n2)SCC3)cc1C. The molecular formula is C20H19N3OS. The van der Waals surface area contributed by atoms with Crippen LogP contribution in [0, 0.1) is 13.8 Å². The van der Waals surface area contributed by atoms with Gasteiger partial charge >= 0.3 is 0 Å². The van der Waals surface area contributed by atoms with Crippen LogP contribution in [0.25, 0.3) is 11.3 Å². The van der Waals surface area contributed by atoms with Gasteiger partial charge in [0.05, 0.1) is 11.4 Å². The fraction of sp³-hybridized carbons (Fsp3) is 0.200. The minimum atomic E-state index is -0.100. The van der Waals surface area contributed by atoms with Crippen molar-refractivity contribution in [1.29, 1.82) is 0 Å². The molecule has 0 unspecified atom stereocenters. The molecule has 25 heavy (non-hydrogen) atoms. The highest BCUT2D eigenvalue weighted by atomic mass is 32.2. The van der Waals surface area contributed by atoms with Crippen molar-refractivity contribution >= 4 is 23.4 Å². The Hall–Kier alpha value is -2.53. The second-order valence-electron chi connectivity index (χ2n) is 6.25. The quantitative estimate of drug-likeness (QED) is 0.756. The number of nitrogens with zero attached hydrogens (tertiary/aromatic N) is 2. The van der Waals surface area contributed by atoms with Gasteiger partial charge in [-0.1, -0.05) is 36.0 Å². The number of anilines is 1. The summed E-state index contributed by atoms with van der Waals surface area (Å²) in [6, 6.07) is 13.6. The smallest absolute Gasteiger partial charge is 0.255 e. The van der Waals surface area contributed by atoms with Crippen molar-refractivity contribution in [3.05, 3.63) is 65.4 Å². The molecule has 0 bridgehead atoms. The summed E-state index contributed by atoms with van der Waals surface area (Å²) in [5.74, 6) is 0.977. The largest absolute Gasteiger partial charge is 0.325 e. The molecular weight excluding hydrogens is 330 g/mol. The molecule has 0 saturated heterocycles. The Morgan fingerprint density at radius 2 is 2.00 bits per heavy atom. The van der Waals surface area contributed by atoms with Gasteiger partial charge in [-0.3, -0.25) is 4.79 Å². The third-order valence-electron chi connectivity index (χ3n) is 4.52. The molecule has 4 rings (SSSR count). The van der Waals surface area contributed by atoms with Gasteiger partial charge < -0.3 is 9.88 Å². The maximum Gasteiger partial charge on any atom is 0.255 e. The monoisotopic (exact) mass is 349 g/mol. The summed E-state index contributed by atoms with van der Waals surface area (Å²) in [7, 11) is 0. The number of benzene rings is 2. The molecule has 2 heterocycles. The lowest BCUT2D eigenvalue weighted by atomic mass is 10.1. The van der Waals surface area contributed by atoms with E-state index >= 15 is 0 Å². The predicted octanol–water partition coefficient (Wildman–Crippen LogP) is 4.52. The van der Waals surface area contributed by atoms with Gasteiger partial charge in [-0.2, -0.15) is 0 Å². The van der Waals surface area contributed by atoms with Crippen molar-refractivity contribution in [3.8, 4) is 11.3 Å². The van der Waals surface area contributed by atoms with Crippen molar-refractivity contribution in [3.63, 3.8) is 0 Å². The third-order valence-corrected chi connectivity index (χ3v) is 5.49. The molecule has 0 radical (unpaired) electrons. The molecule has 1 aliphatic heterocycles. The maximum atomic E-state index is 12.7. The number of fused-ring (bicyclic) bond motifs is 1. The molecule has 0 fully saturated rings. The van der Waals surface area contributed by atoms with Crippen molar-refractivity contribution in [2.45, 2.75) is 25.5 Å². The highest BCUT2D eigenvalue weighted by Gasteiger charge is 2.18. The van der Waals surface area contributed by atoms with Crippen molar-refractivity contribution in [1.82, 2.24) is 9.55 Å². The number of aryl methyl sites for hydroxylation is 3. The van der Waals surface area contributed by atoms with Crippen molar-refractivity contribution in [2.24, 2.45) is 0 Å². The van der Waals surface area contributed by atoms with E-state index in [2.05, 4.69) is 16.1 Å². The van der Waals surface area contributed by atoms with Gasteiger partial charge in [0.2, 0.25) is 0 Å². The second kappa shape index (κ2) is 6.41. The Bertz CT molecular complexity index is 940. The Balaban J connectivity index is 1.64. The topological polar surface area (TPSA) is 46.9 Å². The van der Waals surface area contributed by atoms with Crippen molar-refractivity contribution in [2.75, 3.05) is 11.1 Å². The van der Waals surface area contributed by atoms with Crippen LogP contribution in [0.15, 0.2) is 53.8 Å². The van der Waals surface area contributed by atoms with E-state index in [1.165, 1.54) is 5.56 Å². The van der Waals surface area contributed by atoms with E-state index in [1.807, 2.05) is 56.3 Å². The number of nitrogens with one attached hydrogen (secondary N) is 1. The van der Waals surface area contributed by atoms with Gasteiger partial charge in [0.1, 0.15) is 0 Å². The fourth-order valence-corrected chi connectivity index (χ4v) is 3.88. The molecule has 1 aromatic heterocycles.